The standard InChI is InChI=1S/C26H47NO7/c1-2-3-4-5-6-7-8-9-10-11-12-13-14-15-16-17-20-27(23(28)18-19-24(29)30)22(26(33)34)21-25(31)32/h22H,2-21H2,1H3,(H,29,30)(H,31,32)(H,33,34)/p-1. The monoisotopic (exact) mass is 484 g/mol. The van der Waals surface area contributed by atoms with E-state index in [-0.39, 0.29) is 6.54 Å². The maximum absolute atomic E-state index is 12.3. The molecule has 0 aromatic heterocycles. The molecule has 8 heteroatoms. The third-order valence-electron chi connectivity index (χ3n) is 6.15. The number of nitrogens with zero attached hydrogens (tertiary/aromatic N) is 1. The first-order valence-electron chi connectivity index (χ1n) is 13.2. The molecule has 0 heterocycles. The van der Waals surface area contributed by atoms with Crippen molar-refractivity contribution in [2.24, 2.45) is 0 Å². The maximum Gasteiger partial charge on any atom is 0.327 e. The quantitative estimate of drug-likeness (QED) is 0.192. The van der Waals surface area contributed by atoms with Crippen molar-refractivity contribution in [1.82, 2.24) is 4.90 Å². The molecule has 1 amide bonds. The summed E-state index contributed by atoms with van der Waals surface area (Å²) < 4.78 is 0. The Morgan fingerprint density at radius 3 is 1.44 bits per heavy atom. The van der Waals surface area contributed by atoms with E-state index in [0.29, 0.717) is 6.42 Å². The lowest BCUT2D eigenvalue weighted by molar-refractivity contribution is -0.305. The second-order valence-electron chi connectivity index (χ2n) is 9.21. The van der Waals surface area contributed by atoms with E-state index in [1.807, 2.05) is 0 Å². The number of carboxylic acid groups (broad SMARTS) is 3. The van der Waals surface area contributed by atoms with Gasteiger partial charge in [-0.2, -0.15) is 0 Å². The Balaban J connectivity index is 4.03. The third-order valence-corrected chi connectivity index (χ3v) is 6.15. The molecule has 0 aliphatic rings. The van der Waals surface area contributed by atoms with Gasteiger partial charge in [0, 0.05) is 18.9 Å². The molecule has 198 valence electrons. The first kappa shape index (κ1) is 31.9. The molecule has 0 aliphatic carbocycles. The van der Waals surface area contributed by atoms with Gasteiger partial charge in [0.15, 0.2) is 0 Å². The van der Waals surface area contributed by atoms with Gasteiger partial charge in [-0.3, -0.25) is 9.59 Å². The number of unbranched alkanes of at least 4 members (excludes halogenated alkanes) is 15. The molecule has 34 heavy (non-hydrogen) atoms. The van der Waals surface area contributed by atoms with Gasteiger partial charge in [0.05, 0.1) is 6.42 Å². The van der Waals surface area contributed by atoms with E-state index in [9.17, 15) is 29.4 Å². The zero-order chi connectivity index (χ0) is 25.6. The summed E-state index contributed by atoms with van der Waals surface area (Å²) in [7, 11) is 0. The van der Waals surface area contributed by atoms with Gasteiger partial charge >= 0.3 is 11.9 Å². The van der Waals surface area contributed by atoms with Gasteiger partial charge in [-0.1, -0.05) is 103 Å². The molecule has 0 aliphatic heterocycles. The van der Waals surface area contributed by atoms with Gasteiger partial charge < -0.3 is 25.0 Å². The van der Waals surface area contributed by atoms with Crippen LogP contribution in [0.25, 0.3) is 0 Å². The number of rotatable bonds is 24. The highest BCUT2D eigenvalue weighted by Gasteiger charge is 2.31. The Kier molecular flexibility index (Phi) is 20.1. The van der Waals surface area contributed by atoms with Crippen molar-refractivity contribution in [2.75, 3.05) is 6.54 Å². The van der Waals surface area contributed by atoms with Crippen molar-refractivity contribution in [1.29, 1.82) is 0 Å². The highest BCUT2D eigenvalue weighted by Crippen LogP contribution is 2.15. The molecule has 0 saturated heterocycles. The van der Waals surface area contributed by atoms with E-state index < -0.39 is 49.1 Å². The van der Waals surface area contributed by atoms with Gasteiger partial charge in [0.2, 0.25) is 5.91 Å². The Morgan fingerprint density at radius 2 is 1.09 bits per heavy atom. The van der Waals surface area contributed by atoms with Crippen molar-refractivity contribution in [3.63, 3.8) is 0 Å². The lowest BCUT2D eigenvalue weighted by Crippen LogP contribution is -2.47. The summed E-state index contributed by atoms with van der Waals surface area (Å²) in [4.78, 5) is 46.5. The number of carboxylic acids is 3. The molecule has 0 aromatic carbocycles. The van der Waals surface area contributed by atoms with Gasteiger partial charge in [-0.25, -0.2) is 4.79 Å². The molecular weight excluding hydrogens is 438 g/mol. The number of amides is 1. The van der Waals surface area contributed by atoms with Crippen LogP contribution in [0.3, 0.4) is 0 Å². The summed E-state index contributed by atoms with van der Waals surface area (Å²) in [5.41, 5.74) is 0. The fourth-order valence-electron chi connectivity index (χ4n) is 4.13. The predicted molar refractivity (Wildman–Crippen MR) is 129 cm³/mol. The molecule has 2 N–H and O–H groups in total. The molecule has 0 spiro atoms. The van der Waals surface area contributed by atoms with Gasteiger partial charge in [-0.05, 0) is 12.8 Å². The largest absolute Gasteiger partial charge is 0.550 e. The van der Waals surface area contributed by atoms with E-state index >= 15 is 0 Å². The van der Waals surface area contributed by atoms with Gasteiger partial charge in [-0.15, -0.1) is 0 Å². The third kappa shape index (κ3) is 18.3. The summed E-state index contributed by atoms with van der Waals surface area (Å²) in [5.74, 6) is -4.79. The first-order valence-corrected chi connectivity index (χ1v) is 13.2. The highest BCUT2D eigenvalue weighted by atomic mass is 16.4. The van der Waals surface area contributed by atoms with Crippen molar-refractivity contribution >= 4 is 23.8 Å². The molecule has 1 atom stereocenters. The van der Waals surface area contributed by atoms with Gasteiger partial charge in [0.1, 0.15) is 6.04 Å². The molecule has 0 fully saturated rings. The summed E-state index contributed by atoms with van der Waals surface area (Å²) in [6.07, 6.45) is 17.4. The fourth-order valence-corrected chi connectivity index (χ4v) is 4.13. The Hall–Kier alpha value is -2.12. The van der Waals surface area contributed by atoms with Crippen LogP contribution in [0.15, 0.2) is 0 Å². The minimum atomic E-state index is -1.50. The van der Waals surface area contributed by atoms with Crippen LogP contribution in [0.4, 0.5) is 0 Å². The van der Waals surface area contributed by atoms with Crippen LogP contribution in [-0.2, 0) is 19.2 Å². The smallest absolute Gasteiger partial charge is 0.327 e. The van der Waals surface area contributed by atoms with E-state index in [0.717, 1.165) is 30.6 Å². The molecule has 8 nitrogen and oxygen atoms in total. The lowest BCUT2D eigenvalue weighted by Gasteiger charge is -2.28. The molecule has 0 radical (unpaired) electrons. The van der Waals surface area contributed by atoms with E-state index in [2.05, 4.69) is 6.92 Å². The second-order valence-corrected chi connectivity index (χ2v) is 9.21. The number of hydrogen-bond donors (Lipinski definition) is 2. The zero-order valence-electron chi connectivity index (χ0n) is 21.1. The van der Waals surface area contributed by atoms with Crippen LogP contribution < -0.4 is 5.11 Å². The molecule has 1 unspecified atom stereocenters. The van der Waals surface area contributed by atoms with Crippen molar-refractivity contribution in [2.45, 2.75) is 135 Å². The topological polar surface area (TPSA) is 135 Å². The van der Waals surface area contributed by atoms with Gasteiger partial charge in [0.25, 0.3) is 0 Å². The minimum Gasteiger partial charge on any atom is -0.550 e. The number of carbonyl (C=O) groups excluding carboxylic acids is 2. The SMILES string of the molecule is CCCCCCCCCCCCCCCCCCN(C(=O)CCC(=O)[O-])C(CC(=O)O)C(=O)O. The van der Waals surface area contributed by atoms with Crippen LogP contribution >= 0.6 is 0 Å². The van der Waals surface area contributed by atoms with Crippen molar-refractivity contribution in [3.05, 3.63) is 0 Å². The van der Waals surface area contributed by atoms with Crippen LogP contribution in [0.5, 0.6) is 0 Å². The van der Waals surface area contributed by atoms with Crippen molar-refractivity contribution < 1.29 is 34.5 Å². The summed E-state index contributed by atoms with van der Waals surface area (Å²) in [6, 6.07) is -1.50. The highest BCUT2D eigenvalue weighted by molar-refractivity contribution is 5.88. The Morgan fingerprint density at radius 1 is 0.676 bits per heavy atom. The molecule has 0 aromatic rings. The average Bonchev–Trinajstić information content (AvgIpc) is 2.78. The summed E-state index contributed by atoms with van der Waals surface area (Å²) in [6.45, 7) is 2.34. The zero-order valence-corrected chi connectivity index (χ0v) is 21.1. The normalized spacial score (nSPS) is 11.8. The van der Waals surface area contributed by atoms with Crippen molar-refractivity contribution in [3.8, 4) is 0 Å². The van der Waals surface area contributed by atoms with Crippen LogP contribution in [0.1, 0.15) is 129 Å². The van der Waals surface area contributed by atoms with E-state index in [1.54, 1.807) is 0 Å². The summed E-state index contributed by atoms with van der Waals surface area (Å²) in [5, 5.41) is 29.0. The van der Waals surface area contributed by atoms with E-state index in [1.165, 1.54) is 70.6 Å². The number of hydrogen-bond acceptors (Lipinski definition) is 5. The van der Waals surface area contributed by atoms with Crippen LogP contribution in [0, 0.1) is 0 Å². The summed E-state index contributed by atoms with van der Waals surface area (Å²) >= 11 is 0. The number of carbonyl (C=O) groups is 4. The molecule has 0 bridgehead atoms. The Bertz CT molecular complexity index is 579. The first-order chi connectivity index (χ1) is 16.3. The maximum atomic E-state index is 12.3. The lowest BCUT2D eigenvalue weighted by atomic mass is 10.0. The molecule has 0 rings (SSSR count). The fraction of sp³-hybridized carbons (Fsp3) is 0.846. The number of aliphatic carboxylic acids is 3. The molecular formula is C26H46NO7-. The van der Waals surface area contributed by atoms with E-state index in [4.69, 9.17) is 5.11 Å². The minimum absolute atomic E-state index is 0.106. The Labute approximate surface area is 205 Å². The van der Waals surface area contributed by atoms with Crippen LogP contribution in [-0.4, -0.2) is 51.5 Å². The predicted octanol–water partition coefficient (Wildman–Crippen LogP) is 4.53. The average molecular weight is 485 g/mol. The van der Waals surface area contributed by atoms with Crippen LogP contribution in [0.2, 0.25) is 0 Å². The molecule has 0 saturated carbocycles. The second kappa shape index (κ2) is 21.4.